The van der Waals surface area contributed by atoms with E-state index in [4.69, 9.17) is 4.74 Å². The molecule has 1 amide bonds. The van der Waals surface area contributed by atoms with Crippen LogP contribution in [-0.2, 0) is 14.3 Å². The van der Waals surface area contributed by atoms with Crippen molar-refractivity contribution in [3.8, 4) is 0 Å². The second kappa shape index (κ2) is 4.84. The fraction of sp³-hybridized carbons (Fsp3) is 0.778. The van der Waals surface area contributed by atoms with Gasteiger partial charge in [-0.2, -0.15) is 0 Å². The number of ether oxygens (including phenoxy) is 1. The lowest BCUT2D eigenvalue weighted by molar-refractivity contribution is -0.159. The standard InChI is InChI=1S/C9H17NO3/c1-5-9(3,7(11)10-4)8(12)13-6-2/h5-6H2,1-4H3,(H,10,11). The predicted octanol–water partition coefficient (Wildman–Crippen LogP) is 0.712. The minimum Gasteiger partial charge on any atom is -0.465 e. The molecule has 0 bridgehead atoms. The molecule has 0 spiro atoms. The van der Waals surface area contributed by atoms with Gasteiger partial charge in [0.2, 0.25) is 5.91 Å². The van der Waals surface area contributed by atoms with Gasteiger partial charge in [0.25, 0.3) is 0 Å². The lowest BCUT2D eigenvalue weighted by Gasteiger charge is -2.23. The molecule has 0 aliphatic heterocycles. The van der Waals surface area contributed by atoms with E-state index in [-0.39, 0.29) is 5.91 Å². The van der Waals surface area contributed by atoms with Crippen LogP contribution in [0.2, 0.25) is 0 Å². The third-order valence-electron chi connectivity index (χ3n) is 2.16. The van der Waals surface area contributed by atoms with Crippen LogP contribution in [0.15, 0.2) is 0 Å². The Labute approximate surface area is 78.6 Å². The second-order valence-electron chi connectivity index (χ2n) is 2.99. The van der Waals surface area contributed by atoms with E-state index in [1.54, 1.807) is 20.8 Å². The van der Waals surface area contributed by atoms with E-state index in [2.05, 4.69) is 5.32 Å². The first-order valence-corrected chi connectivity index (χ1v) is 4.42. The maximum atomic E-state index is 11.4. The third kappa shape index (κ3) is 2.44. The van der Waals surface area contributed by atoms with Gasteiger partial charge >= 0.3 is 5.97 Å². The number of rotatable bonds is 4. The van der Waals surface area contributed by atoms with Gasteiger partial charge in [-0.05, 0) is 20.3 Å². The van der Waals surface area contributed by atoms with E-state index >= 15 is 0 Å². The molecule has 0 aliphatic rings. The van der Waals surface area contributed by atoms with Gasteiger partial charge in [0, 0.05) is 7.05 Å². The highest BCUT2D eigenvalue weighted by molar-refractivity contribution is 6.02. The van der Waals surface area contributed by atoms with Crippen LogP contribution in [0.3, 0.4) is 0 Å². The zero-order valence-corrected chi connectivity index (χ0v) is 8.64. The van der Waals surface area contributed by atoms with Crippen molar-refractivity contribution in [2.45, 2.75) is 27.2 Å². The molecule has 0 aromatic heterocycles. The summed E-state index contributed by atoms with van der Waals surface area (Å²) in [5.74, 6) is -0.759. The number of carbonyl (C=O) groups is 2. The zero-order chi connectivity index (χ0) is 10.5. The quantitative estimate of drug-likeness (QED) is 0.521. The van der Waals surface area contributed by atoms with Gasteiger partial charge in [-0.25, -0.2) is 0 Å². The van der Waals surface area contributed by atoms with E-state index in [0.29, 0.717) is 13.0 Å². The van der Waals surface area contributed by atoms with Crippen molar-refractivity contribution in [3.63, 3.8) is 0 Å². The summed E-state index contributed by atoms with van der Waals surface area (Å²) in [4.78, 5) is 22.8. The van der Waals surface area contributed by atoms with Crippen LogP contribution in [0, 0.1) is 5.41 Å². The van der Waals surface area contributed by atoms with Crippen molar-refractivity contribution < 1.29 is 14.3 Å². The van der Waals surface area contributed by atoms with Crippen LogP contribution in [0.5, 0.6) is 0 Å². The number of esters is 1. The second-order valence-corrected chi connectivity index (χ2v) is 2.99. The van der Waals surface area contributed by atoms with Crippen molar-refractivity contribution in [2.24, 2.45) is 5.41 Å². The molecule has 1 N–H and O–H groups in total. The molecular formula is C9H17NO3. The molecule has 0 saturated carbocycles. The maximum absolute atomic E-state index is 11.4. The normalized spacial score (nSPS) is 14.5. The summed E-state index contributed by atoms with van der Waals surface area (Å²) >= 11 is 0. The topological polar surface area (TPSA) is 55.4 Å². The molecule has 1 unspecified atom stereocenters. The number of nitrogens with one attached hydrogen (secondary N) is 1. The van der Waals surface area contributed by atoms with Gasteiger partial charge in [0.05, 0.1) is 6.61 Å². The van der Waals surface area contributed by atoms with Crippen molar-refractivity contribution in [3.05, 3.63) is 0 Å². The summed E-state index contributed by atoms with van der Waals surface area (Å²) in [6, 6.07) is 0. The summed E-state index contributed by atoms with van der Waals surface area (Å²) in [7, 11) is 1.51. The van der Waals surface area contributed by atoms with Crippen LogP contribution in [0.25, 0.3) is 0 Å². The molecular weight excluding hydrogens is 170 g/mol. The molecule has 76 valence electrons. The van der Waals surface area contributed by atoms with Gasteiger partial charge in [-0.3, -0.25) is 9.59 Å². The van der Waals surface area contributed by atoms with Gasteiger partial charge in [-0.1, -0.05) is 6.92 Å². The zero-order valence-electron chi connectivity index (χ0n) is 8.64. The molecule has 0 aliphatic carbocycles. The summed E-state index contributed by atoms with van der Waals surface area (Å²) in [5, 5.41) is 2.46. The van der Waals surface area contributed by atoms with E-state index < -0.39 is 11.4 Å². The molecule has 0 aromatic carbocycles. The maximum Gasteiger partial charge on any atom is 0.321 e. The highest BCUT2D eigenvalue weighted by atomic mass is 16.5. The van der Waals surface area contributed by atoms with Gasteiger partial charge in [0.1, 0.15) is 5.41 Å². The molecule has 0 rings (SSSR count). The fourth-order valence-corrected chi connectivity index (χ4v) is 0.964. The molecule has 4 heteroatoms. The Kier molecular flexibility index (Phi) is 4.45. The number of hydrogen-bond acceptors (Lipinski definition) is 3. The Bertz CT molecular complexity index is 203. The van der Waals surface area contributed by atoms with Crippen LogP contribution >= 0.6 is 0 Å². The average Bonchev–Trinajstić information content (AvgIpc) is 2.15. The molecule has 13 heavy (non-hydrogen) atoms. The number of hydrogen-bond donors (Lipinski definition) is 1. The third-order valence-corrected chi connectivity index (χ3v) is 2.16. The lowest BCUT2D eigenvalue weighted by Crippen LogP contribution is -2.43. The molecule has 0 radical (unpaired) electrons. The van der Waals surface area contributed by atoms with Crippen molar-refractivity contribution in [1.29, 1.82) is 0 Å². The Hall–Kier alpha value is -1.06. The SMILES string of the molecule is CCOC(=O)C(C)(CC)C(=O)NC. The van der Waals surface area contributed by atoms with Crippen LogP contribution in [0.1, 0.15) is 27.2 Å². The Morgan fingerprint density at radius 3 is 2.23 bits per heavy atom. The fourth-order valence-electron chi connectivity index (χ4n) is 0.964. The monoisotopic (exact) mass is 187 g/mol. The molecule has 0 aromatic rings. The smallest absolute Gasteiger partial charge is 0.321 e. The van der Waals surface area contributed by atoms with E-state index in [0.717, 1.165) is 0 Å². The Morgan fingerprint density at radius 1 is 1.38 bits per heavy atom. The minimum atomic E-state index is -1.05. The minimum absolute atomic E-state index is 0.297. The van der Waals surface area contributed by atoms with E-state index in [9.17, 15) is 9.59 Å². The predicted molar refractivity (Wildman–Crippen MR) is 49.1 cm³/mol. The lowest BCUT2D eigenvalue weighted by atomic mass is 9.86. The largest absolute Gasteiger partial charge is 0.465 e. The molecule has 0 fully saturated rings. The number of carbonyl (C=O) groups excluding carboxylic acids is 2. The highest BCUT2D eigenvalue weighted by Gasteiger charge is 2.40. The first kappa shape index (κ1) is 11.9. The Balaban J connectivity index is 4.61. The van der Waals surface area contributed by atoms with Crippen molar-refractivity contribution >= 4 is 11.9 Å². The summed E-state index contributed by atoms with van der Waals surface area (Å²) in [6.07, 6.45) is 0.436. The number of amides is 1. The van der Waals surface area contributed by atoms with Gasteiger partial charge in [0.15, 0.2) is 0 Å². The first-order valence-electron chi connectivity index (χ1n) is 4.42. The van der Waals surface area contributed by atoms with Crippen molar-refractivity contribution in [2.75, 3.05) is 13.7 Å². The van der Waals surface area contributed by atoms with Gasteiger partial charge in [-0.15, -0.1) is 0 Å². The van der Waals surface area contributed by atoms with E-state index in [1.165, 1.54) is 7.05 Å². The summed E-state index contributed by atoms with van der Waals surface area (Å²) in [5.41, 5.74) is -1.05. The summed E-state index contributed by atoms with van der Waals surface area (Å²) in [6.45, 7) is 5.39. The molecule has 1 atom stereocenters. The van der Waals surface area contributed by atoms with E-state index in [1.807, 2.05) is 0 Å². The van der Waals surface area contributed by atoms with Crippen LogP contribution in [0.4, 0.5) is 0 Å². The summed E-state index contributed by atoms with van der Waals surface area (Å²) < 4.78 is 4.82. The van der Waals surface area contributed by atoms with Crippen LogP contribution < -0.4 is 5.32 Å². The first-order chi connectivity index (χ1) is 6.02. The molecule has 4 nitrogen and oxygen atoms in total. The van der Waals surface area contributed by atoms with Crippen molar-refractivity contribution in [1.82, 2.24) is 5.32 Å². The highest BCUT2D eigenvalue weighted by Crippen LogP contribution is 2.22. The average molecular weight is 187 g/mol. The molecule has 0 heterocycles. The molecule has 0 saturated heterocycles. The Morgan fingerprint density at radius 2 is 1.92 bits per heavy atom. The van der Waals surface area contributed by atoms with Gasteiger partial charge < -0.3 is 10.1 Å². The van der Waals surface area contributed by atoms with Crippen LogP contribution in [-0.4, -0.2) is 25.5 Å².